The molecule has 0 unspecified atom stereocenters. The molecule has 1 aliphatic carbocycles. The molecule has 5 aromatic rings. The topological polar surface area (TPSA) is 155 Å². The Kier molecular flexibility index (Phi) is 10.00. The number of amides is 3. The lowest BCUT2D eigenvalue weighted by Crippen LogP contribution is -2.51. The Hall–Kier alpha value is -5.27. The Balaban J connectivity index is 1.02. The first kappa shape index (κ1) is 38.3. The van der Waals surface area contributed by atoms with Crippen molar-refractivity contribution < 1.29 is 28.6 Å². The van der Waals surface area contributed by atoms with Crippen LogP contribution in [0.25, 0.3) is 44.3 Å². The summed E-state index contributed by atoms with van der Waals surface area (Å²) in [5.41, 5.74) is 10.4. The Morgan fingerprint density at radius 3 is 1.86 bits per heavy atom. The third-order valence-corrected chi connectivity index (χ3v) is 12.5. The summed E-state index contributed by atoms with van der Waals surface area (Å²) in [6, 6.07) is 16.2. The van der Waals surface area contributed by atoms with Crippen molar-refractivity contribution in [2.75, 3.05) is 33.4 Å². The average molecular weight is 788 g/mol. The maximum Gasteiger partial charge on any atom is 0.407 e. The number of nitrogens with one attached hydrogen (secondary N) is 3. The lowest BCUT2D eigenvalue weighted by molar-refractivity contribution is -0.147. The number of methoxy groups -OCH3 is 1. The number of likely N-dealkylation sites (tertiary alicyclic amines) is 2. The van der Waals surface area contributed by atoms with Crippen LogP contribution in [-0.4, -0.2) is 92.9 Å². The third-order valence-electron chi connectivity index (χ3n) is 12.5. The molecule has 0 saturated carbocycles. The van der Waals surface area contributed by atoms with Crippen LogP contribution in [0, 0.1) is 11.8 Å². The maximum absolute atomic E-state index is 13.8. The number of aromatic amines is 2. The summed E-state index contributed by atoms with van der Waals surface area (Å²) in [7, 11) is 1.30. The lowest BCUT2D eigenvalue weighted by Gasteiger charge is -2.29. The molecule has 3 N–H and O–H groups in total. The monoisotopic (exact) mass is 787 g/mol. The molecule has 13 nitrogen and oxygen atoms in total. The fourth-order valence-corrected chi connectivity index (χ4v) is 9.66. The Morgan fingerprint density at radius 2 is 1.34 bits per heavy atom. The predicted octanol–water partition coefficient (Wildman–Crippen LogP) is 7.37. The number of hydrogen-bond donors (Lipinski definition) is 3. The molecule has 0 bridgehead atoms. The summed E-state index contributed by atoms with van der Waals surface area (Å²) in [5.74, 6) is 1.18. The van der Waals surface area contributed by atoms with Crippen LogP contribution >= 0.6 is 0 Å². The highest BCUT2D eigenvalue weighted by atomic mass is 16.7. The summed E-state index contributed by atoms with van der Waals surface area (Å²) in [6.45, 7) is 10.5. The number of carbonyl (C=O) groups is 3. The number of benzene rings is 3. The van der Waals surface area contributed by atoms with E-state index in [1.165, 1.54) is 18.2 Å². The van der Waals surface area contributed by atoms with Crippen LogP contribution in [0.3, 0.4) is 0 Å². The maximum atomic E-state index is 13.8. The van der Waals surface area contributed by atoms with E-state index < -0.39 is 17.9 Å². The highest BCUT2D eigenvalue weighted by Gasteiger charge is 2.45. The number of imidazole rings is 2. The van der Waals surface area contributed by atoms with Gasteiger partial charge in [-0.15, -0.1) is 0 Å². The second kappa shape index (κ2) is 15.2. The molecule has 1 spiro atoms. The fourth-order valence-electron chi connectivity index (χ4n) is 9.66. The minimum absolute atomic E-state index is 0.0300. The molecule has 2 aromatic heterocycles. The van der Waals surface area contributed by atoms with Crippen molar-refractivity contribution in [2.24, 2.45) is 11.8 Å². The van der Waals surface area contributed by atoms with Crippen LogP contribution in [0.5, 0.6) is 0 Å². The average Bonchev–Trinajstić information content (AvgIpc) is 4.06. The molecule has 9 rings (SSSR count). The van der Waals surface area contributed by atoms with Crippen LogP contribution < -0.4 is 5.32 Å². The van der Waals surface area contributed by atoms with Crippen molar-refractivity contribution in [3.8, 4) is 22.3 Å². The molecule has 5 heterocycles. The number of H-pyrrole nitrogens is 2. The molecule has 58 heavy (non-hydrogen) atoms. The Morgan fingerprint density at radius 1 is 0.810 bits per heavy atom. The molecule has 3 atom stereocenters. The van der Waals surface area contributed by atoms with E-state index in [-0.39, 0.29) is 29.8 Å². The summed E-state index contributed by atoms with van der Waals surface area (Å²) in [4.78, 5) is 59.9. The van der Waals surface area contributed by atoms with Gasteiger partial charge in [-0.05, 0) is 95.2 Å². The van der Waals surface area contributed by atoms with Gasteiger partial charge >= 0.3 is 6.09 Å². The normalized spacial score (nSPS) is 20.6. The number of ether oxygens (including phenoxy) is 3. The van der Waals surface area contributed by atoms with Crippen molar-refractivity contribution in [3.63, 3.8) is 0 Å². The molecular weight excluding hydrogens is 735 g/mol. The van der Waals surface area contributed by atoms with E-state index >= 15 is 0 Å². The molecule has 3 fully saturated rings. The number of carbonyl (C=O) groups excluding carboxylic acids is 3. The van der Waals surface area contributed by atoms with Gasteiger partial charge in [0.2, 0.25) is 11.8 Å². The van der Waals surface area contributed by atoms with Gasteiger partial charge in [0, 0.05) is 32.4 Å². The van der Waals surface area contributed by atoms with E-state index in [0.717, 1.165) is 88.2 Å². The van der Waals surface area contributed by atoms with Crippen LogP contribution in [0.1, 0.15) is 94.7 Å². The summed E-state index contributed by atoms with van der Waals surface area (Å²) >= 11 is 0. The number of fused-ring (bicyclic) bond motifs is 3. The lowest BCUT2D eigenvalue weighted by atomic mass is 9.90. The van der Waals surface area contributed by atoms with Crippen molar-refractivity contribution in [1.82, 2.24) is 35.1 Å². The van der Waals surface area contributed by atoms with Crippen molar-refractivity contribution >= 4 is 40.0 Å². The zero-order chi connectivity index (χ0) is 40.3. The van der Waals surface area contributed by atoms with E-state index in [1.54, 1.807) is 0 Å². The van der Waals surface area contributed by atoms with E-state index in [0.29, 0.717) is 44.9 Å². The van der Waals surface area contributed by atoms with Gasteiger partial charge in [-0.25, -0.2) is 14.8 Å². The zero-order valence-corrected chi connectivity index (χ0v) is 34.0. The van der Waals surface area contributed by atoms with E-state index in [4.69, 9.17) is 24.2 Å². The smallest absolute Gasteiger partial charge is 0.407 e. The highest BCUT2D eigenvalue weighted by Crippen LogP contribution is 2.46. The van der Waals surface area contributed by atoms with Gasteiger partial charge in [-0.1, -0.05) is 52.0 Å². The quantitative estimate of drug-likeness (QED) is 0.140. The standard InChI is InChI=1S/C45H53N7O6/c1-25(2)20-39(53)51-16-6-8-37(51)41-46-33-14-10-27(21-35(33)48-41)29-12-13-30(32-24-45(23-31(29)32)57-18-19-58-45)28-11-15-34-36(22-28)49-42(47-34)38-9-7-17-52(38)43(54)40(26(3)4)50-44(55)56-5/h10-15,21-22,25-26,37-38,40H,6-9,16-20,23-24H2,1-5H3,(H,46,48)(H,47,49)(H,50,55)/t37-,38-,40-/m0/s1. The summed E-state index contributed by atoms with van der Waals surface area (Å²) in [5, 5.41) is 2.73. The molecule has 13 heteroatoms. The summed E-state index contributed by atoms with van der Waals surface area (Å²) in [6.07, 6.45) is 4.74. The van der Waals surface area contributed by atoms with E-state index in [2.05, 4.69) is 71.6 Å². The number of nitrogens with zero attached hydrogens (tertiary/aromatic N) is 4. The van der Waals surface area contributed by atoms with Crippen LogP contribution in [0.4, 0.5) is 4.79 Å². The first-order chi connectivity index (χ1) is 28.0. The first-order valence-corrected chi connectivity index (χ1v) is 20.9. The Bertz CT molecular complexity index is 2390. The van der Waals surface area contributed by atoms with Crippen molar-refractivity contribution in [3.05, 3.63) is 71.3 Å². The van der Waals surface area contributed by atoms with Gasteiger partial charge in [0.05, 0.1) is 54.5 Å². The van der Waals surface area contributed by atoms with Crippen LogP contribution in [0.15, 0.2) is 48.5 Å². The minimum atomic E-state index is -0.696. The fraction of sp³-hybridized carbons (Fsp3) is 0.489. The second-order valence-electron chi connectivity index (χ2n) is 17.2. The number of alkyl carbamates (subject to hydrolysis) is 1. The van der Waals surface area contributed by atoms with E-state index in [1.807, 2.05) is 29.7 Å². The number of hydrogen-bond acceptors (Lipinski definition) is 8. The molecule has 3 aromatic carbocycles. The molecule has 304 valence electrons. The second-order valence-corrected chi connectivity index (χ2v) is 17.2. The molecule has 3 amide bonds. The van der Waals surface area contributed by atoms with Gasteiger partial charge < -0.3 is 39.3 Å². The van der Waals surface area contributed by atoms with Gasteiger partial charge in [-0.2, -0.15) is 0 Å². The van der Waals surface area contributed by atoms with Crippen LogP contribution in [0.2, 0.25) is 0 Å². The number of rotatable bonds is 9. The van der Waals surface area contributed by atoms with E-state index in [9.17, 15) is 14.4 Å². The van der Waals surface area contributed by atoms with Gasteiger partial charge in [-0.3, -0.25) is 9.59 Å². The van der Waals surface area contributed by atoms with Crippen LogP contribution in [-0.2, 0) is 36.6 Å². The molecule has 3 saturated heterocycles. The highest BCUT2D eigenvalue weighted by molar-refractivity contribution is 5.89. The molecule has 3 aliphatic heterocycles. The molecular formula is C45H53N7O6. The Labute approximate surface area is 338 Å². The largest absolute Gasteiger partial charge is 0.453 e. The predicted molar refractivity (Wildman–Crippen MR) is 220 cm³/mol. The molecule has 0 radical (unpaired) electrons. The zero-order valence-electron chi connectivity index (χ0n) is 34.0. The third kappa shape index (κ3) is 6.91. The summed E-state index contributed by atoms with van der Waals surface area (Å²) < 4.78 is 17.4. The SMILES string of the molecule is COC(=O)N[C@H](C(=O)N1CCC[C@H]1c1nc2ccc(-c3ccc(-c4ccc5nc([C@@H]6CCCN6C(=O)CC(C)C)[nH]c5c4)c4c3CC3(C4)OCCO3)cc2[nH]1)C(C)C. The van der Waals surface area contributed by atoms with Crippen molar-refractivity contribution in [2.45, 2.75) is 96.6 Å². The first-order valence-electron chi connectivity index (χ1n) is 20.9. The minimum Gasteiger partial charge on any atom is -0.453 e. The van der Waals surface area contributed by atoms with Gasteiger partial charge in [0.1, 0.15) is 17.7 Å². The number of aromatic nitrogens is 4. The van der Waals surface area contributed by atoms with Gasteiger partial charge in [0.15, 0.2) is 5.79 Å². The molecule has 4 aliphatic rings. The van der Waals surface area contributed by atoms with Crippen molar-refractivity contribution in [1.29, 1.82) is 0 Å². The van der Waals surface area contributed by atoms with Gasteiger partial charge in [0.25, 0.3) is 0 Å².